The molecule has 0 bridgehead atoms. The molecule has 15 rings (SSSR count). The van der Waals surface area contributed by atoms with Crippen LogP contribution >= 0.6 is 0 Å². The van der Waals surface area contributed by atoms with Crippen LogP contribution in [-0.4, -0.2) is 142 Å². The SMILES string of the molecule is O=c1c2cc(S(=O)(=O)[O-])ccc2[nH]c2cc3c(=O)c4cc(S(=O)(=O)[O-])ccc4[nH]c3cc12.O=c1c2cc(S(=O)(=O)[O-])ccc2[nH]c2cc3c(=O)c4cc(S(=O)(=O)[O-])ccc4[nH]c3cc12.O=c1c2cc(S(=O)(=O)[O-])ccc2[nH]c2cc3c(=O)c4cc(S(=O)(=O)[O-])ccc4[nH]c3cc12.[Al+3].[Al+3]. The van der Waals surface area contributed by atoms with Gasteiger partial charge in [0.1, 0.15) is 60.7 Å². The van der Waals surface area contributed by atoms with Crippen LogP contribution in [0.15, 0.2) is 204 Å². The van der Waals surface area contributed by atoms with Crippen molar-refractivity contribution in [2.24, 2.45) is 0 Å². The Morgan fingerprint density at radius 2 is 0.296 bits per heavy atom. The number of aromatic nitrogens is 6. The van der Waals surface area contributed by atoms with Crippen LogP contribution in [-0.2, 0) is 60.7 Å². The fourth-order valence-electron chi connectivity index (χ4n) is 11.1. The first kappa shape index (κ1) is 69.7. The fourth-order valence-corrected chi connectivity index (χ4v) is 14.1. The molecule has 9 aromatic carbocycles. The van der Waals surface area contributed by atoms with E-state index in [1.165, 1.54) is 72.8 Å². The maximum absolute atomic E-state index is 13.0. The molecule has 0 saturated heterocycles. The van der Waals surface area contributed by atoms with E-state index in [-0.39, 0.29) is 166 Å². The summed E-state index contributed by atoms with van der Waals surface area (Å²) in [6, 6.07) is 28.5. The zero-order valence-corrected chi connectivity index (χ0v) is 55.5. The fraction of sp³-hybridized carbons (Fsp3) is 0. The van der Waals surface area contributed by atoms with Gasteiger partial charge in [-0.15, -0.1) is 0 Å². The molecule has 6 aromatic heterocycles. The van der Waals surface area contributed by atoms with E-state index in [4.69, 9.17) is 0 Å². The molecule has 30 nitrogen and oxygen atoms in total. The number of benzene rings is 9. The maximum Gasteiger partial charge on any atom is 3.00 e. The van der Waals surface area contributed by atoms with Crippen LogP contribution in [0.4, 0.5) is 0 Å². The largest absolute Gasteiger partial charge is 3.00 e. The Kier molecular flexibility index (Phi) is 17.1. The van der Waals surface area contributed by atoms with Gasteiger partial charge in [0.15, 0.2) is 32.6 Å². The topological polar surface area (TPSA) is 540 Å². The number of nitrogens with one attached hydrogen (secondary N) is 6. The number of fused-ring (bicyclic) bond motifs is 12. The van der Waals surface area contributed by atoms with Crippen LogP contribution in [0.5, 0.6) is 0 Å². The summed E-state index contributed by atoms with van der Waals surface area (Å²) in [5.41, 5.74) is -0.132. The maximum atomic E-state index is 13.0. The van der Waals surface area contributed by atoms with Crippen molar-refractivity contribution in [3.05, 3.63) is 207 Å². The molecule has 486 valence electrons. The first-order valence-corrected chi connectivity index (χ1v) is 35.3. The zero-order valence-electron chi connectivity index (χ0n) is 48.3. The van der Waals surface area contributed by atoms with Crippen molar-refractivity contribution in [1.82, 2.24) is 29.9 Å². The molecule has 0 spiro atoms. The van der Waals surface area contributed by atoms with Crippen LogP contribution in [0.1, 0.15) is 0 Å². The Hall–Kier alpha value is -9.68. The second-order valence-electron chi connectivity index (χ2n) is 21.5. The first-order chi connectivity index (χ1) is 44.8. The normalized spacial score (nSPS) is 12.6. The summed E-state index contributed by atoms with van der Waals surface area (Å²) in [4.78, 5) is 92.4. The molecule has 0 amide bonds. The quantitative estimate of drug-likeness (QED) is 0.0785. The standard InChI is InChI=1S/3C20H12N2O8S2.2Al/c3*23-19-11-5-9(31(25,26)27)1-3-15(11)21-17-7-14-18(8-13(17)19)22-16-4-2-10(32(28,29)30)6-12(16)20(14)24;;/h3*1-8H,(H,21,23)(H,22,24)(H,25,26,27)(H,28,29,30);;/q;;;2*+3/p-6. The van der Waals surface area contributed by atoms with Gasteiger partial charge in [0.05, 0.1) is 62.5 Å². The molecular weight excluding hydrogens is 1440 g/mol. The summed E-state index contributed by atoms with van der Waals surface area (Å²) in [7, 11) is -28.6. The summed E-state index contributed by atoms with van der Waals surface area (Å²) in [5, 5.41) is 0.758. The molecule has 0 aliphatic rings. The average molecular weight is 1470 g/mol. The third-order valence-corrected chi connectivity index (χ3v) is 20.7. The number of pyridine rings is 6. The molecular formula is C60H30Al2N6O24S6. The minimum atomic E-state index is -4.76. The van der Waals surface area contributed by atoms with Crippen LogP contribution < -0.4 is 32.6 Å². The van der Waals surface area contributed by atoms with E-state index in [0.717, 1.165) is 72.8 Å². The molecule has 0 unspecified atom stereocenters. The van der Waals surface area contributed by atoms with E-state index >= 15 is 0 Å². The molecule has 6 heterocycles. The van der Waals surface area contributed by atoms with Gasteiger partial charge in [0.25, 0.3) is 0 Å². The van der Waals surface area contributed by atoms with E-state index in [0.29, 0.717) is 0 Å². The summed E-state index contributed by atoms with van der Waals surface area (Å²) in [5.74, 6) is 0. The van der Waals surface area contributed by atoms with Crippen molar-refractivity contribution in [2.45, 2.75) is 29.4 Å². The van der Waals surface area contributed by atoms with Crippen LogP contribution in [0.25, 0.3) is 131 Å². The van der Waals surface area contributed by atoms with Gasteiger partial charge in [-0.2, -0.15) is 0 Å². The Labute approximate surface area is 566 Å². The van der Waals surface area contributed by atoms with Crippen molar-refractivity contribution in [3.8, 4) is 0 Å². The monoisotopic (exact) mass is 1460 g/mol. The Morgan fingerprint density at radius 1 is 0.184 bits per heavy atom. The molecule has 0 aliphatic carbocycles. The summed E-state index contributed by atoms with van der Waals surface area (Å²) < 4.78 is 204. The number of H-pyrrole nitrogens is 6. The summed E-state index contributed by atoms with van der Waals surface area (Å²) in [6.45, 7) is 0. The number of aromatic amines is 6. The summed E-state index contributed by atoms with van der Waals surface area (Å²) >= 11 is 0. The third-order valence-electron chi connectivity index (χ3n) is 15.7. The Balaban J connectivity index is 0.000000147. The molecule has 6 N–H and O–H groups in total. The van der Waals surface area contributed by atoms with Gasteiger partial charge in [-0.3, -0.25) is 28.8 Å². The molecule has 0 radical (unpaired) electrons. The van der Waals surface area contributed by atoms with Gasteiger partial charge < -0.3 is 57.2 Å². The molecule has 98 heavy (non-hydrogen) atoms. The van der Waals surface area contributed by atoms with Gasteiger partial charge in [-0.1, -0.05) is 0 Å². The van der Waals surface area contributed by atoms with Crippen molar-refractivity contribution in [3.63, 3.8) is 0 Å². The van der Waals surface area contributed by atoms with Gasteiger partial charge in [0, 0.05) is 97.7 Å². The Morgan fingerprint density at radius 3 is 0.408 bits per heavy atom. The third kappa shape index (κ3) is 12.5. The average Bonchev–Trinajstić information content (AvgIpc) is 0.751. The second kappa shape index (κ2) is 24.1. The van der Waals surface area contributed by atoms with Crippen molar-refractivity contribution < 1.29 is 77.8 Å². The predicted molar refractivity (Wildman–Crippen MR) is 352 cm³/mol. The van der Waals surface area contributed by atoms with E-state index in [1.807, 2.05) is 0 Å². The second-order valence-corrected chi connectivity index (χ2v) is 29.8. The summed E-state index contributed by atoms with van der Waals surface area (Å²) in [6.07, 6.45) is 0. The van der Waals surface area contributed by atoms with E-state index < -0.39 is 123 Å². The van der Waals surface area contributed by atoms with Gasteiger partial charge in [0.2, 0.25) is 0 Å². The predicted octanol–water partition coefficient (Wildman–Crippen LogP) is 3.69. The molecule has 15 aromatic rings. The molecule has 0 saturated carbocycles. The number of hydrogen-bond donors (Lipinski definition) is 6. The van der Waals surface area contributed by atoms with Gasteiger partial charge >= 0.3 is 34.7 Å². The minimum Gasteiger partial charge on any atom is -0.744 e. The van der Waals surface area contributed by atoms with Crippen LogP contribution in [0.2, 0.25) is 0 Å². The number of rotatable bonds is 6. The van der Waals surface area contributed by atoms with E-state index in [9.17, 15) is 107 Å². The van der Waals surface area contributed by atoms with E-state index in [2.05, 4.69) is 29.9 Å². The smallest absolute Gasteiger partial charge is 0.744 e. The molecule has 0 aliphatic heterocycles. The van der Waals surface area contributed by atoms with Crippen molar-refractivity contribution in [2.75, 3.05) is 0 Å². The van der Waals surface area contributed by atoms with Gasteiger partial charge in [-0.25, -0.2) is 50.5 Å². The van der Waals surface area contributed by atoms with E-state index in [1.54, 1.807) is 0 Å². The minimum absolute atomic E-state index is 0. The van der Waals surface area contributed by atoms with Crippen molar-refractivity contribution in [1.29, 1.82) is 0 Å². The molecule has 0 fully saturated rings. The molecule has 38 heteroatoms. The van der Waals surface area contributed by atoms with Crippen LogP contribution in [0.3, 0.4) is 0 Å². The zero-order chi connectivity index (χ0) is 69.0. The van der Waals surface area contributed by atoms with Crippen molar-refractivity contribution >= 4 is 226 Å². The van der Waals surface area contributed by atoms with Gasteiger partial charge in [-0.05, 0) is 146 Å². The van der Waals surface area contributed by atoms with Crippen LogP contribution in [0, 0.1) is 0 Å². The molecule has 0 atom stereocenters. The Bertz CT molecular complexity index is 6180. The number of hydrogen-bond acceptors (Lipinski definition) is 24. The first-order valence-electron chi connectivity index (χ1n) is 26.8.